The summed E-state index contributed by atoms with van der Waals surface area (Å²) in [6.45, 7) is 2.03. The van der Waals surface area contributed by atoms with Crippen molar-refractivity contribution in [2.75, 3.05) is 5.32 Å². The van der Waals surface area contributed by atoms with Crippen molar-refractivity contribution in [1.82, 2.24) is 30.1 Å². The number of aromatic nitrogens is 6. The molecule has 0 spiro atoms. The first-order chi connectivity index (χ1) is 18.3. The van der Waals surface area contributed by atoms with Crippen molar-refractivity contribution in [2.24, 2.45) is 0 Å². The average molecular weight is 504 g/mol. The summed E-state index contributed by atoms with van der Waals surface area (Å²) in [6.07, 6.45) is 5.99. The first-order valence-electron chi connectivity index (χ1n) is 11.8. The van der Waals surface area contributed by atoms with E-state index < -0.39 is 0 Å². The van der Waals surface area contributed by atoms with Gasteiger partial charge in [-0.15, -0.1) is 21.5 Å². The molecule has 0 unspecified atom stereocenters. The lowest BCUT2D eigenvalue weighted by Gasteiger charge is -2.12. The molecule has 0 aliphatic rings. The molecule has 6 aromatic rings. The average Bonchev–Trinajstić information content (AvgIpc) is 3.49. The summed E-state index contributed by atoms with van der Waals surface area (Å²) in [5, 5.41) is 17.0. The highest BCUT2D eigenvalue weighted by molar-refractivity contribution is 7.13. The van der Waals surface area contributed by atoms with Gasteiger partial charge in [-0.2, -0.15) is 0 Å². The van der Waals surface area contributed by atoms with Crippen molar-refractivity contribution in [1.29, 1.82) is 0 Å². The van der Waals surface area contributed by atoms with E-state index in [-0.39, 0.29) is 0 Å². The molecular formula is C28H21N7OS. The van der Waals surface area contributed by atoms with Gasteiger partial charge >= 0.3 is 0 Å². The van der Waals surface area contributed by atoms with Crippen LogP contribution in [0.2, 0.25) is 0 Å². The molecule has 6 rings (SSSR count). The van der Waals surface area contributed by atoms with Crippen LogP contribution in [0.4, 0.5) is 11.5 Å². The molecule has 0 atom stereocenters. The SMILES string of the molecule is CCc1nccc(-c2cccnc2Oc2ccc(Nc3nnc(-c4nccs4)c4ccccc34)cc2)n1. The molecule has 37 heavy (non-hydrogen) atoms. The second-order valence-corrected chi connectivity index (χ2v) is 8.99. The van der Waals surface area contributed by atoms with Gasteiger partial charge in [0.1, 0.15) is 22.3 Å². The summed E-state index contributed by atoms with van der Waals surface area (Å²) in [6, 6.07) is 21.4. The van der Waals surface area contributed by atoms with Gasteiger partial charge in [0.2, 0.25) is 5.88 Å². The van der Waals surface area contributed by atoms with Crippen molar-refractivity contribution in [2.45, 2.75) is 13.3 Å². The molecular weight excluding hydrogens is 482 g/mol. The Morgan fingerprint density at radius 3 is 2.49 bits per heavy atom. The summed E-state index contributed by atoms with van der Waals surface area (Å²) in [5.74, 6) is 2.59. The maximum Gasteiger partial charge on any atom is 0.228 e. The van der Waals surface area contributed by atoms with Crippen molar-refractivity contribution in [3.05, 3.63) is 96.5 Å². The minimum absolute atomic E-state index is 0.485. The van der Waals surface area contributed by atoms with E-state index in [9.17, 15) is 0 Å². The van der Waals surface area contributed by atoms with E-state index in [0.29, 0.717) is 17.4 Å². The van der Waals surface area contributed by atoms with Gasteiger partial charge in [0.05, 0.1) is 11.3 Å². The summed E-state index contributed by atoms with van der Waals surface area (Å²) >= 11 is 1.54. The molecule has 0 radical (unpaired) electrons. The molecule has 0 aliphatic heterocycles. The van der Waals surface area contributed by atoms with E-state index in [0.717, 1.165) is 50.7 Å². The zero-order valence-electron chi connectivity index (χ0n) is 19.9. The quantitative estimate of drug-likeness (QED) is 0.257. The second-order valence-electron chi connectivity index (χ2n) is 8.10. The Bertz CT molecular complexity index is 1670. The van der Waals surface area contributed by atoms with Crippen LogP contribution in [0.25, 0.3) is 32.7 Å². The molecule has 4 aromatic heterocycles. The van der Waals surface area contributed by atoms with Gasteiger partial charge in [-0.3, -0.25) is 0 Å². The van der Waals surface area contributed by atoms with Crippen LogP contribution in [0.3, 0.4) is 0 Å². The molecule has 0 amide bonds. The summed E-state index contributed by atoms with van der Waals surface area (Å²) in [7, 11) is 0. The van der Waals surface area contributed by atoms with Crippen LogP contribution < -0.4 is 10.1 Å². The fourth-order valence-electron chi connectivity index (χ4n) is 3.94. The van der Waals surface area contributed by atoms with Crippen molar-refractivity contribution >= 4 is 33.6 Å². The van der Waals surface area contributed by atoms with Crippen LogP contribution in [0, 0.1) is 0 Å². The number of hydrogen-bond donors (Lipinski definition) is 1. The third-order valence-corrected chi connectivity index (χ3v) is 6.50. The topological polar surface area (TPSA) is 98.6 Å². The van der Waals surface area contributed by atoms with E-state index >= 15 is 0 Å². The number of rotatable bonds is 7. The van der Waals surface area contributed by atoms with Gasteiger partial charge in [0, 0.05) is 46.9 Å². The predicted molar refractivity (Wildman–Crippen MR) is 145 cm³/mol. The fraction of sp³-hybridized carbons (Fsp3) is 0.0714. The van der Waals surface area contributed by atoms with E-state index in [2.05, 4.69) is 35.5 Å². The van der Waals surface area contributed by atoms with E-state index in [1.165, 1.54) is 0 Å². The number of hydrogen-bond acceptors (Lipinski definition) is 9. The van der Waals surface area contributed by atoms with Gasteiger partial charge in [0.15, 0.2) is 5.82 Å². The molecule has 9 heteroatoms. The third kappa shape index (κ3) is 4.72. The normalized spacial score (nSPS) is 10.9. The minimum Gasteiger partial charge on any atom is -0.438 e. The number of pyridine rings is 1. The first kappa shape index (κ1) is 22.7. The lowest BCUT2D eigenvalue weighted by molar-refractivity contribution is 0.465. The van der Waals surface area contributed by atoms with E-state index in [1.54, 1.807) is 29.9 Å². The number of benzene rings is 2. The van der Waals surface area contributed by atoms with E-state index in [1.807, 2.05) is 79.0 Å². The fourth-order valence-corrected chi connectivity index (χ4v) is 4.57. The summed E-state index contributed by atoms with van der Waals surface area (Å²) < 4.78 is 6.14. The van der Waals surface area contributed by atoms with Gasteiger partial charge in [-0.1, -0.05) is 31.2 Å². The Labute approximate surface area is 217 Å². The van der Waals surface area contributed by atoms with Gasteiger partial charge in [-0.25, -0.2) is 19.9 Å². The number of anilines is 2. The maximum atomic E-state index is 6.14. The monoisotopic (exact) mass is 503 g/mol. The Balaban J connectivity index is 1.25. The largest absolute Gasteiger partial charge is 0.438 e. The van der Waals surface area contributed by atoms with Crippen LogP contribution >= 0.6 is 11.3 Å². The zero-order chi connectivity index (χ0) is 25.0. The minimum atomic E-state index is 0.485. The van der Waals surface area contributed by atoms with Crippen molar-refractivity contribution < 1.29 is 4.74 Å². The Kier molecular flexibility index (Phi) is 6.18. The zero-order valence-corrected chi connectivity index (χ0v) is 20.7. The molecule has 8 nitrogen and oxygen atoms in total. The van der Waals surface area contributed by atoms with Crippen LogP contribution in [-0.4, -0.2) is 30.1 Å². The first-order valence-corrected chi connectivity index (χ1v) is 12.6. The standard InChI is InChI=1S/C28H21N7OS/c1-2-24-29-15-13-23(33-24)22-8-5-14-30-27(22)36-19-11-9-18(10-12-19)32-26-21-7-4-3-6-20(21)25(34-35-26)28-31-16-17-37-28/h3-17H,2H2,1H3,(H,32,35). The number of fused-ring (bicyclic) bond motifs is 1. The molecule has 0 aliphatic carbocycles. The highest BCUT2D eigenvalue weighted by atomic mass is 32.1. The van der Waals surface area contributed by atoms with E-state index in [4.69, 9.17) is 4.74 Å². The highest BCUT2D eigenvalue weighted by Crippen LogP contribution is 2.33. The maximum absolute atomic E-state index is 6.14. The molecule has 0 bridgehead atoms. The molecule has 0 fully saturated rings. The smallest absolute Gasteiger partial charge is 0.228 e. The van der Waals surface area contributed by atoms with Gasteiger partial charge in [0.25, 0.3) is 0 Å². The molecule has 2 aromatic carbocycles. The van der Waals surface area contributed by atoms with Crippen molar-refractivity contribution in [3.63, 3.8) is 0 Å². The molecule has 1 N–H and O–H groups in total. The number of aryl methyl sites for hydroxylation is 1. The second kappa shape index (κ2) is 10.1. The van der Waals surface area contributed by atoms with Crippen LogP contribution in [0.15, 0.2) is 90.7 Å². The highest BCUT2D eigenvalue weighted by Gasteiger charge is 2.14. The lowest BCUT2D eigenvalue weighted by atomic mass is 10.1. The molecule has 0 saturated carbocycles. The Morgan fingerprint density at radius 2 is 1.68 bits per heavy atom. The molecule has 4 heterocycles. The molecule has 180 valence electrons. The molecule has 0 saturated heterocycles. The van der Waals surface area contributed by atoms with Crippen LogP contribution in [-0.2, 0) is 6.42 Å². The summed E-state index contributed by atoms with van der Waals surface area (Å²) in [5.41, 5.74) is 3.22. The lowest BCUT2D eigenvalue weighted by Crippen LogP contribution is -1.99. The van der Waals surface area contributed by atoms with Crippen molar-refractivity contribution in [3.8, 4) is 33.6 Å². The number of thiazole rings is 1. The van der Waals surface area contributed by atoms with Gasteiger partial charge < -0.3 is 10.1 Å². The summed E-state index contributed by atoms with van der Waals surface area (Å²) in [4.78, 5) is 17.7. The van der Waals surface area contributed by atoms with Gasteiger partial charge in [-0.05, 0) is 42.5 Å². The number of nitrogens with one attached hydrogen (secondary N) is 1. The van der Waals surface area contributed by atoms with Crippen LogP contribution in [0.5, 0.6) is 11.6 Å². The number of ether oxygens (including phenoxy) is 1. The Hall–Kier alpha value is -4.76. The Morgan fingerprint density at radius 1 is 0.811 bits per heavy atom. The number of nitrogens with zero attached hydrogens (tertiary/aromatic N) is 6. The predicted octanol–water partition coefficient (Wildman–Crippen LogP) is 6.70. The van der Waals surface area contributed by atoms with Crippen LogP contribution in [0.1, 0.15) is 12.7 Å². The third-order valence-electron chi connectivity index (χ3n) is 5.72.